The van der Waals surface area contributed by atoms with Crippen molar-refractivity contribution in [3.63, 3.8) is 0 Å². The number of anilines is 1. The summed E-state index contributed by atoms with van der Waals surface area (Å²) in [5.74, 6) is -0.374. The van der Waals surface area contributed by atoms with Crippen LogP contribution in [0.2, 0.25) is 0 Å². The molecule has 0 bridgehead atoms. The highest BCUT2D eigenvalue weighted by molar-refractivity contribution is 7.13. The van der Waals surface area contributed by atoms with E-state index in [9.17, 15) is 4.79 Å². The predicted octanol–water partition coefficient (Wildman–Crippen LogP) is 2.46. The molecule has 0 amide bonds. The highest BCUT2D eigenvalue weighted by Gasteiger charge is 2.18. The van der Waals surface area contributed by atoms with Gasteiger partial charge in [-0.15, -0.1) is 11.3 Å². The minimum Gasteiger partial charge on any atom is -0.480 e. The highest BCUT2D eigenvalue weighted by Crippen LogP contribution is 2.21. The monoisotopic (exact) mass is 271 g/mol. The van der Waals surface area contributed by atoms with Crippen LogP contribution in [0.4, 0.5) is 5.13 Å². The van der Waals surface area contributed by atoms with E-state index in [0.29, 0.717) is 17.7 Å². The molecular formula is C12H21N3O2S. The molecule has 0 aliphatic heterocycles. The molecule has 1 rings (SSSR count). The molecule has 4 N–H and O–H groups in total. The Kier molecular flexibility index (Phi) is 5.55. The number of carbonyl (C=O) groups is 1. The Hall–Kier alpha value is -1.14. The average molecular weight is 271 g/mol. The standard InChI is InChI=1S/C12H21N3O2S/c1-7(2)4-5-8(3)14-12-15-9(6-18-12)10(13)11(16)17/h6-8,10H,4-5,13H2,1-3H3,(H,14,15)(H,16,17). The number of carboxylic acid groups (broad SMARTS) is 1. The lowest BCUT2D eigenvalue weighted by Gasteiger charge is -2.14. The van der Waals surface area contributed by atoms with Crippen molar-refractivity contribution in [3.8, 4) is 0 Å². The quantitative estimate of drug-likeness (QED) is 0.709. The summed E-state index contributed by atoms with van der Waals surface area (Å²) < 4.78 is 0. The Labute approximate surface area is 111 Å². The van der Waals surface area contributed by atoms with Gasteiger partial charge in [0.2, 0.25) is 0 Å². The number of thiazole rings is 1. The van der Waals surface area contributed by atoms with Crippen LogP contribution in [-0.2, 0) is 4.79 Å². The lowest BCUT2D eigenvalue weighted by Crippen LogP contribution is -2.21. The Bertz CT molecular complexity index is 392. The number of nitrogens with two attached hydrogens (primary N) is 1. The molecule has 102 valence electrons. The van der Waals surface area contributed by atoms with Crippen molar-refractivity contribution in [2.24, 2.45) is 11.7 Å². The van der Waals surface area contributed by atoms with Gasteiger partial charge in [0.25, 0.3) is 0 Å². The molecule has 0 aliphatic carbocycles. The first-order chi connectivity index (χ1) is 8.40. The van der Waals surface area contributed by atoms with E-state index in [4.69, 9.17) is 10.8 Å². The number of aromatic nitrogens is 1. The van der Waals surface area contributed by atoms with Gasteiger partial charge in [0, 0.05) is 11.4 Å². The van der Waals surface area contributed by atoms with Crippen molar-refractivity contribution in [1.29, 1.82) is 0 Å². The molecule has 1 aromatic rings. The molecule has 18 heavy (non-hydrogen) atoms. The van der Waals surface area contributed by atoms with Crippen LogP contribution in [-0.4, -0.2) is 22.1 Å². The molecule has 0 saturated carbocycles. The maximum atomic E-state index is 10.7. The number of hydrogen-bond donors (Lipinski definition) is 3. The predicted molar refractivity (Wildman–Crippen MR) is 73.8 cm³/mol. The summed E-state index contributed by atoms with van der Waals surface area (Å²) in [6, 6.07) is -0.713. The molecule has 0 fully saturated rings. The second kappa shape index (κ2) is 6.70. The molecule has 6 heteroatoms. The molecule has 0 aliphatic rings. The smallest absolute Gasteiger partial charge is 0.326 e. The summed E-state index contributed by atoms with van der Waals surface area (Å²) in [7, 11) is 0. The largest absolute Gasteiger partial charge is 0.480 e. The maximum absolute atomic E-state index is 10.7. The number of nitrogens with one attached hydrogen (secondary N) is 1. The van der Waals surface area contributed by atoms with Crippen molar-refractivity contribution in [2.75, 3.05) is 5.32 Å². The van der Waals surface area contributed by atoms with E-state index in [-0.39, 0.29) is 0 Å². The molecule has 0 aromatic carbocycles. The first kappa shape index (κ1) is 14.9. The first-order valence-electron chi connectivity index (χ1n) is 6.10. The van der Waals surface area contributed by atoms with E-state index in [1.165, 1.54) is 11.3 Å². The second-order valence-corrected chi connectivity index (χ2v) is 5.77. The first-order valence-corrected chi connectivity index (χ1v) is 6.98. The molecular weight excluding hydrogens is 250 g/mol. The average Bonchev–Trinajstić information content (AvgIpc) is 2.73. The number of carboxylic acids is 1. The molecule has 0 radical (unpaired) electrons. The number of aliphatic carboxylic acids is 1. The SMILES string of the molecule is CC(C)CCC(C)Nc1nc(C(N)C(=O)O)cs1. The summed E-state index contributed by atoms with van der Waals surface area (Å²) in [6.07, 6.45) is 2.22. The summed E-state index contributed by atoms with van der Waals surface area (Å²) in [4.78, 5) is 14.9. The van der Waals surface area contributed by atoms with Crippen molar-refractivity contribution >= 4 is 22.4 Å². The van der Waals surface area contributed by atoms with Crippen molar-refractivity contribution in [2.45, 2.75) is 45.7 Å². The fourth-order valence-electron chi connectivity index (χ4n) is 1.49. The highest BCUT2D eigenvalue weighted by atomic mass is 32.1. The van der Waals surface area contributed by atoms with E-state index in [0.717, 1.165) is 18.0 Å². The van der Waals surface area contributed by atoms with Crippen LogP contribution >= 0.6 is 11.3 Å². The van der Waals surface area contributed by atoms with Crippen molar-refractivity contribution in [1.82, 2.24) is 4.98 Å². The van der Waals surface area contributed by atoms with Gasteiger partial charge in [-0.05, 0) is 25.7 Å². The van der Waals surface area contributed by atoms with Gasteiger partial charge >= 0.3 is 5.97 Å². The lowest BCUT2D eigenvalue weighted by atomic mass is 10.0. The van der Waals surface area contributed by atoms with Gasteiger partial charge in [0.05, 0.1) is 5.69 Å². The van der Waals surface area contributed by atoms with Crippen molar-refractivity contribution in [3.05, 3.63) is 11.1 Å². The summed E-state index contributed by atoms with van der Waals surface area (Å²) >= 11 is 1.39. The number of hydrogen-bond acceptors (Lipinski definition) is 5. The number of nitrogens with zero attached hydrogens (tertiary/aromatic N) is 1. The summed E-state index contributed by atoms with van der Waals surface area (Å²) in [6.45, 7) is 6.49. The topological polar surface area (TPSA) is 88.2 Å². The normalized spacial score (nSPS) is 14.5. The Morgan fingerprint density at radius 2 is 2.17 bits per heavy atom. The van der Waals surface area contributed by atoms with Gasteiger partial charge in [-0.25, -0.2) is 4.98 Å². The Balaban J connectivity index is 2.51. The molecule has 2 atom stereocenters. The minimum absolute atomic E-state index is 0.326. The molecule has 1 heterocycles. The van der Waals surface area contributed by atoms with Crippen LogP contribution in [0.5, 0.6) is 0 Å². The van der Waals surface area contributed by atoms with Crippen LogP contribution in [0.25, 0.3) is 0 Å². The molecule has 0 saturated heterocycles. The van der Waals surface area contributed by atoms with Crippen LogP contribution in [0.15, 0.2) is 5.38 Å². The maximum Gasteiger partial charge on any atom is 0.326 e. The fraction of sp³-hybridized carbons (Fsp3) is 0.667. The Morgan fingerprint density at radius 3 is 2.72 bits per heavy atom. The van der Waals surface area contributed by atoms with Crippen LogP contribution in [0, 0.1) is 5.92 Å². The van der Waals surface area contributed by atoms with E-state index >= 15 is 0 Å². The van der Waals surface area contributed by atoms with E-state index in [1.807, 2.05) is 0 Å². The number of rotatable bonds is 7. The van der Waals surface area contributed by atoms with E-state index < -0.39 is 12.0 Å². The van der Waals surface area contributed by atoms with E-state index in [2.05, 4.69) is 31.1 Å². The van der Waals surface area contributed by atoms with Gasteiger partial charge in [0.1, 0.15) is 6.04 Å². The van der Waals surface area contributed by atoms with Gasteiger partial charge in [-0.2, -0.15) is 0 Å². The van der Waals surface area contributed by atoms with Gasteiger partial charge < -0.3 is 16.2 Å². The van der Waals surface area contributed by atoms with E-state index in [1.54, 1.807) is 5.38 Å². The molecule has 0 spiro atoms. The van der Waals surface area contributed by atoms with Crippen LogP contribution in [0.1, 0.15) is 45.3 Å². The Morgan fingerprint density at radius 1 is 1.50 bits per heavy atom. The van der Waals surface area contributed by atoms with Crippen molar-refractivity contribution < 1.29 is 9.90 Å². The molecule has 2 unspecified atom stereocenters. The zero-order valence-electron chi connectivity index (χ0n) is 11.0. The van der Waals surface area contributed by atoms with Gasteiger partial charge in [-0.1, -0.05) is 13.8 Å². The zero-order valence-corrected chi connectivity index (χ0v) is 11.8. The third-order valence-electron chi connectivity index (χ3n) is 2.65. The second-order valence-electron chi connectivity index (χ2n) is 4.91. The molecule has 1 aromatic heterocycles. The minimum atomic E-state index is -1.06. The van der Waals surface area contributed by atoms with Crippen LogP contribution < -0.4 is 11.1 Å². The summed E-state index contributed by atoms with van der Waals surface area (Å²) in [5, 5.41) is 14.5. The van der Waals surface area contributed by atoms with Gasteiger partial charge in [-0.3, -0.25) is 4.79 Å². The third kappa shape index (κ3) is 4.62. The zero-order chi connectivity index (χ0) is 13.7. The van der Waals surface area contributed by atoms with Crippen LogP contribution in [0.3, 0.4) is 0 Å². The third-order valence-corrected chi connectivity index (χ3v) is 3.45. The lowest BCUT2D eigenvalue weighted by molar-refractivity contribution is -0.138. The fourth-order valence-corrected chi connectivity index (χ4v) is 2.35. The summed E-state index contributed by atoms with van der Waals surface area (Å²) in [5.41, 5.74) is 5.91. The van der Waals surface area contributed by atoms with Gasteiger partial charge in [0.15, 0.2) is 5.13 Å². The molecule has 5 nitrogen and oxygen atoms in total.